The number of carboxylic acid groups (broad SMARTS) is 1. The van der Waals surface area contributed by atoms with Crippen molar-refractivity contribution < 1.29 is 24.9 Å². The Bertz CT molecular complexity index is 927. The molecule has 0 radical (unpaired) electrons. The second-order valence-electron chi connectivity index (χ2n) is 9.47. The lowest BCUT2D eigenvalue weighted by molar-refractivity contribution is -0.137. The highest BCUT2D eigenvalue weighted by Gasteiger charge is 2.52. The lowest BCUT2D eigenvalue weighted by atomic mass is 9.86. The van der Waals surface area contributed by atoms with E-state index in [1.807, 2.05) is 18.2 Å². The normalized spacial score (nSPS) is 23.9. The van der Waals surface area contributed by atoms with Crippen molar-refractivity contribution in [3.63, 3.8) is 0 Å². The number of aliphatic hydroxyl groups excluding tert-OH is 2. The van der Waals surface area contributed by atoms with Gasteiger partial charge in [-0.2, -0.15) is 0 Å². The van der Waals surface area contributed by atoms with Crippen molar-refractivity contribution in [2.24, 2.45) is 17.3 Å². The number of carbonyl (C=O) groups excluding carboxylic acids is 1. The molecule has 32 heavy (non-hydrogen) atoms. The molecule has 1 aromatic carbocycles. The molecule has 5 nitrogen and oxygen atoms in total. The zero-order valence-corrected chi connectivity index (χ0v) is 19.7. The van der Waals surface area contributed by atoms with Gasteiger partial charge < -0.3 is 15.3 Å². The fourth-order valence-electron chi connectivity index (χ4n) is 4.72. The van der Waals surface area contributed by atoms with E-state index in [0.717, 1.165) is 24.1 Å². The highest BCUT2D eigenvalue weighted by molar-refractivity contribution is 7.19. The van der Waals surface area contributed by atoms with Crippen LogP contribution in [-0.4, -0.2) is 39.3 Å². The first-order valence-electron chi connectivity index (χ1n) is 11.5. The fraction of sp³-hybridized carbons (Fsp3) is 0.538. The maximum absolute atomic E-state index is 13.0. The molecule has 1 aromatic heterocycles. The predicted octanol–water partition coefficient (Wildman–Crippen LogP) is 4.99. The van der Waals surface area contributed by atoms with Gasteiger partial charge in [0.1, 0.15) is 5.78 Å². The van der Waals surface area contributed by atoms with Crippen molar-refractivity contribution in [3.8, 4) is 0 Å². The van der Waals surface area contributed by atoms with Crippen LogP contribution in [-0.2, 0) is 16.0 Å². The van der Waals surface area contributed by atoms with E-state index in [4.69, 9.17) is 5.11 Å². The third-order valence-electron chi connectivity index (χ3n) is 6.64. The molecule has 1 heterocycles. The van der Waals surface area contributed by atoms with Gasteiger partial charge in [0.15, 0.2) is 0 Å². The molecule has 0 bridgehead atoms. The Morgan fingerprint density at radius 2 is 1.91 bits per heavy atom. The molecule has 1 fully saturated rings. The average Bonchev–Trinajstić information content (AvgIpc) is 3.21. The second kappa shape index (κ2) is 10.7. The van der Waals surface area contributed by atoms with Crippen molar-refractivity contribution >= 4 is 33.2 Å². The Hall–Kier alpha value is -2.02. The zero-order valence-electron chi connectivity index (χ0n) is 18.9. The van der Waals surface area contributed by atoms with Crippen molar-refractivity contribution in [1.82, 2.24) is 0 Å². The third kappa shape index (κ3) is 5.85. The molecule has 6 heteroatoms. The zero-order chi connectivity index (χ0) is 23.3. The molecule has 3 rings (SSSR count). The number of thiophene rings is 1. The first-order valence-corrected chi connectivity index (χ1v) is 12.3. The van der Waals surface area contributed by atoms with E-state index in [1.165, 1.54) is 10.1 Å². The average molecular weight is 459 g/mol. The number of hydrogen-bond donors (Lipinski definition) is 3. The Morgan fingerprint density at radius 3 is 2.62 bits per heavy atom. The van der Waals surface area contributed by atoms with Crippen LogP contribution in [0.15, 0.2) is 42.5 Å². The quantitative estimate of drug-likeness (QED) is 0.326. The van der Waals surface area contributed by atoms with Gasteiger partial charge in [-0.05, 0) is 30.4 Å². The van der Waals surface area contributed by atoms with E-state index in [-0.39, 0.29) is 24.0 Å². The number of fused-ring (bicyclic) bond motifs is 1. The number of hydrogen-bond acceptors (Lipinski definition) is 5. The van der Waals surface area contributed by atoms with E-state index in [9.17, 15) is 19.8 Å². The second-order valence-corrected chi connectivity index (χ2v) is 10.6. The third-order valence-corrected chi connectivity index (χ3v) is 7.78. The van der Waals surface area contributed by atoms with Gasteiger partial charge in [0.2, 0.25) is 0 Å². The van der Waals surface area contributed by atoms with Crippen molar-refractivity contribution in [3.05, 3.63) is 47.4 Å². The largest absolute Gasteiger partial charge is 0.481 e. The summed E-state index contributed by atoms with van der Waals surface area (Å²) in [6.07, 6.45) is 6.65. The summed E-state index contributed by atoms with van der Waals surface area (Å²) in [5, 5.41) is 31.3. The maximum Gasteiger partial charge on any atom is 0.303 e. The van der Waals surface area contributed by atoms with E-state index in [0.29, 0.717) is 19.3 Å². The standard InChI is InChI=1S/C26H34O5S/c1-26(2)24(30)20(10-5-3-4-6-12-23(28)29)21(25(26)31)14-13-18(27)16-19-15-17-9-7-8-11-22(17)32-19/h7-9,11,13-15,18,20-21,25,27,31H,3-6,10,12,16H2,1-2H3,(H,28,29)/t18?,20-,21+,25+/m1/s1. The van der Waals surface area contributed by atoms with E-state index < -0.39 is 23.6 Å². The first kappa shape index (κ1) is 24.6. The summed E-state index contributed by atoms with van der Waals surface area (Å²) in [7, 11) is 0. The number of carbonyl (C=O) groups is 2. The van der Waals surface area contributed by atoms with Crippen LogP contribution >= 0.6 is 11.3 Å². The Morgan fingerprint density at radius 1 is 1.19 bits per heavy atom. The van der Waals surface area contributed by atoms with Crippen molar-refractivity contribution in [2.75, 3.05) is 0 Å². The molecule has 1 aliphatic rings. The highest BCUT2D eigenvalue weighted by atomic mass is 32.1. The van der Waals surface area contributed by atoms with Gasteiger partial charge in [-0.3, -0.25) is 9.59 Å². The number of benzene rings is 1. The molecule has 0 amide bonds. The van der Waals surface area contributed by atoms with Crippen LogP contribution in [0.4, 0.5) is 0 Å². The van der Waals surface area contributed by atoms with Gasteiger partial charge in [0, 0.05) is 34.3 Å². The first-order chi connectivity index (χ1) is 15.2. The van der Waals surface area contributed by atoms with E-state index in [2.05, 4.69) is 18.2 Å². The van der Waals surface area contributed by atoms with E-state index >= 15 is 0 Å². The van der Waals surface area contributed by atoms with Gasteiger partial charge in [-0.25, -0.2) is 0 Å². The number of unbranched alkanes of at least 4 members (excludes halogenated alkanes) is 3. The number of Topliss-reactive ketones (excluding diaryl/α,β-unsaturated/α-hetero) is 1. The molecule has 174 valence electrons. The Kier molecular flexibility index (Phi) is 8.26. The topological polar surface area (TPSA) is 94.8 Å². The summed E-state index contributed by atoms with van der Waals surface area (Å²) >= 11 is 1.67. The maximum atomic E-state index is 13.0. The van der Waals surface area contributed by atoms with Crippen LogP contribution in [0, 0.1) is 17.3 Å². The number of carboxylic acids is 1. The van der Waals surface area contributed by atoms with Crippen LogP contribution < -0.4 is 0 Å². The molecule has 1 unspecified atom stereocenters. The minimum atomic E-state index is -0.806. The molecule has 1 aliphatic carbocycles. The van der Waals surface area contributed by atoms with Gasteiger partial charge in [-0.15, -0.1) is 11.3 Å². The minimum Gasteiger partial charge on any atom is -0.481 e. The van der Waals surface area contributed by atoms with Crippen molar-refractivity contribution in [1.29, 1.82) is 0 Å². The lowest BCUT2D eigenvalue weighted by Crippen LogP contribution is -2.31. The number of rotatable bonds is 11. The van der Waals surface area contributed by atoms with Gasteiger partial charge >= 0.3 is 5.97 Å². The predicted molar refractivity (Wildman–Crippen MR) is 128 cm³/mol. The number of ketones is 1. The summed E-state index contributed by atoms with van der Waals surface area (Å²) in [4.78, 5) is 24.7. The van der Waals surface area contributed by atoms with E-state index in [1.54, 1.807) is 31.3 Å². The van der Waals surface area contributed by atoms with Crippen LogP contribution in [0.3, 0.4) is 0 Å². The monoisotopic (exact) mass is 458 g/mol. The van der Waals surface area contributed by atoms with Crippen LogP contribution in [0.25, 0.3) is 10.1 Å². The molecule has 0 aliphatic heterocycles. The smallest absolute Gasteiger partial charge is 0.303 e. The molecule has 0 saturated heterocycles. The molecule has 2 aromatic rings. The molecule has 3 N–H and O–H groups in total. The highest BCUT2D eigenvalue weighted by Crippen LogP contribution is 2.45. The number of aliphatic carboxylic acids is 1. The molecule has 4 atom stereocenters. The lowest BCUT2D eigenvalue weighted by Gasteiger charge is -2.22. The summed E-state index contributed by atoms with van der Waals surface area (Å²) in [5.41, 5.74) is -0.806. The summed E-state index contributed by atoms with van der Waals surface area (Å²) in [5.74, 6) is -1.29. The van der Waals surface area contributed by atoms with Crippen LogP contribution in [0.2, 0.25) is 0 Å². The van der Waals surface area contributed by atoms with Crippen LogP contribution in [0.5, 0.6) is 0 Å². The van der Waals surface area contributed by atoms with Crippen molar-refractivity contribution in [2.45, 2.75) is 71.0 Å². The minimum absolute atomic E-state index is 0.0733. The van der Waals surface area contributed by atoms with Gasteiger partial charge in [-0.1, -0.05) is 63.5 Å². The fourth-order valence-corrected chi connectivity index (χ4v) is 5.84. The van der Waals surface area contributed by atoms with Crippen LogP contribution in [0.1, 0.15) is 57.2 Å². The molecule has 0 spiro atoms. The summed E-state index contributed by atoms with van der Waals surface area (Å²) in [6, 6.07) is 10.2. The molecular weight excluding hydrogens is 424 g/mol. The SMILES string of the molecule is CC1(C)C(=O)[C@H](CCCCCCC(=O)O)[C@H](C=CC(O)Cc2cc3ccccc3s2)[C@@H]1O. The number of aliphatic hydroxyl groups is 2. The Labute approximate surface area is 193 Å². The van der Waals surface area contributed by atoms with Gasteiger partial charge in [0.05, 0.1) is 17.6 Å². The summed E-state index contributed by atoms with van der Waals surface area (Å²) < 4.78 is 1.20. The summed E-state index contributed by atoms with van der Waals surface area (Å²) in [6.45, 7) is 3.59. The van der Waals surface area contributed by atoms with Gasteiger partial charge in [0.25, 0.3) is 0 Å². The Balaban J connectivity index is 1.59. The molecular formula is C26H34O5S. The molecule has 1 saturated carbocycles.